The molecule has 0 spiro atoms. The lowest BCUT2D eigenvalue weighted by Crippen LogP contribution is -2.31. The van der Waals surface area contributed by atoms with Crippen LogP contribution in [0.4, 0.5) is 5.69 Å². The molecule has 2 aromatic carbocycles. The predicted molar refractivity (Wildman–Crippen MR) is 96.8 cm³/mol. The molecule has 126 valence electrons. The summed E-state index contributed by atoms with van der Waals surface area (Å²) < 4.78 is 5.26. The first-order valence-electron chi connectivity index (χ1n) is 8.40. The Balaban J connectivity index is 1.55. The molecule has 0 radical (unpaired) electrons. The Bertz CT molecular complexity index is 714. The van der Waals surface area contributed by atoms with Gasteiger partial charge in [0.05, 0.1) is 12.7 Å². The van der Waals surface area contributed by atoms with E-state index in [1.165, 1.54) is 11.3 Å². The van der Waals surface area contributed by atoms with E-state index in [-0.39, 0.29) is 5.91 Å². The summed E-state index contributed by atoms with van der Waals surface area (Å²) in [5.41, 5.74) is 3.14. The molecule has 4 heteroatoms. The number of methoxy groups -OCH3 is 1. The zero-order valence-electron chi connectivity index (χ0n) is 14.3. The van der Waals surface area contributed by atoms with E-state index >= 15 is 0 Å². The van der Waals surface area contributed by atoms with E-state index in [1.54, 1.807) is 13.2 Å². The van der Waals surface area contributed by atoms with Crippen LogP contribution < -0.4 is 15.0 Å². The second-order valence-corrected chi connectivity index (χ2v) is 6.35. The summed E-state index contributed by atoms with van der Waals surface area (Å²) in [4.78, 5) is 14.8. The standard InChI is InChI=1S/C20H24N2O2/c1-15-6-5-7-17(12-15)22-11-10-16(14-22)13-21-20(23)18-8-3-4-9-19(18)24-2/h3-9,12,16H,10-11,13-14H2,1-2H3,(H,21,23). The molecule has 0 saturated carbocycles. The Labute approximate surface area is 143 Å². The van der Waals surface area contributed by atoms with Gasteiger partial charge < -0.3 is 15.0 Å². The molecule has 0 aromatic heterocycles. The number of hydrogen-bond acceptors (Lipinski definition) is 3. The fourth-order valence-electron chi connectivity index (χ4n) is 3.22. The van der Waals surface area contributed by atoms with Crippen LogP contribution in [0.3, 0.4) is 0 Å². The molecule has 1 aliphatic heterocycles. The van der Waals surface area contributed by atoms with Gasteiger partial charge in [-0.15, -0.1) is 0 Å². The average molecular weight is 324 g/mol. The molecule has 1 aliphatic rings. The van der Waals surface area contributed by atoms with E-state index in [0.29, 0.717) is 23.8 Å². The Hall–Kier alpha value is -2.49. The van der Waals surface area contributed by atoms with Crippen molar-refractivity contribution in [2.75, 3.05) is 31.6 Å². The number of hydrogen-bond donors (Lipinski definition) is 1. The van der Waals surface area contributed by atoms with Crippen molar-refractivity contribution >= 4 is 11.6 Å². The number of carbonyl (C=O) groups excluding carboxylic acids is 1. The Morgan fingerprint density at radius 3 is 2.88 bits per heavy atom. The van der Waals surface area contributed by atoms with Crippen molar-refractivity contribution in [3.8, 4) is 5.75 Å². The largest absolute Gasteiger partial charge is 0.496 e. The van der Waals surface area contributed by atoms with Crippen LogP contribution in [-0.4, -0.2) is 32.7 Å². The van der Waals surface area contributed by atoms with Gasteiger partial charge in [0.2, 0.25) is 0 Å². The summed E-state index contributed by atoms with van der Waals surface area (Å²) in [6.07, 6.45) is 1.10. The molecule has 1 atom stereocenters. The SMILES string of the molecule is COc1ccccc1C(=O)NCC1CCN(c2cccc(C)c2)C1. The zero-order valence-corrected chi connectivity index (χ0v) is 14.3. The first-order chi connectivity index (χ1) is 11.7. The Morgan fingerprint density at radius 1 is 1.25 bits per heavy atom. The van der Waals surface area contributed by atoms with E-state index in [9.17, 15) is 4.79 Å². The fourth-order valence-corrected chi connectivity index (χ4v) is 3.22. The summed E-state index contributed by atoms with van der Waals surface area (Å²) in [5.74, 6) is 1.02. The van der Waals surface area contributed by atoms with E-state index in [2.05, 4.69) is 41.4 Å². The molecule has 0 aliphatic carbocycles. The third kappa shape index (κ3) is 3.70. The minimum absolute atomic E-state index is 0.0681. The normalized spacial score (nSPS) is 16.9. The molecular formula is C20H24N2O2. The second-order valence-electron chi connectivity index (χ2n) is 6.35. The number of para-hydroxylation sites is 1. The molecule has 1 saturated heterocycles. The number of ether oxygens (including phenoxy) is 1. The van der Waals surface area contributed by atoms with Crippen LogP contribution >= 0.6 is 0 Å². The maximum absolute atomic E-state index is 12.4. The van der Waals surface area contributed by atoms with Crippen molar-refractivity contribution in [2.45, 2.75) is 13.3 Å². The van der Waals surface area contributed by atoms with Crippen molar-refractivity contribution in [1.29, 1.82) is 0 Å². The van der Waals surface area contributed by atoms with Gasteiger partial charge in [0.1, 0.15) is 5.75 Å². The lowest BCUT2D eigenvalue weighted by molar-refractivity contribution is 0.0945. The minimum Gasteiger partial charge on any atom is -0.496 e. The van der Waals surface area contributed by atoms with Crippen molar-refractivity contribution in [2.24, 2.45) is 5.92 Å². The van der Waals surface area contributed by atoms with Crippen LogP contribution in [0.5, 0.6) is 5.75 Å². The van der Waals surface area contributed by atoms with E-state index in [1.807, 2.05) is 18.2 Å². The minimum atomic E-state index is -0.0681. The number of anilines is 1. The van der Waals surface area contributed by atoms with E-state index in [0.717, 1.165) is 19.5 Å². The highest BCUT2D eigenvalue weighted by molar-refractivity contribution is 5.96. The first-order valence-corrected chi connectivity index (χ1v) is 8.40. The summed E-state index contributed by atoms with van der Waals surface area (Å²) in [6.45, 7) is 4.83. The van der Waals surface area contributed by atoms with Gasteiger partial charge in [-0.3, -0.25) is 4.79 Å². The summed E-state index contributed by atoms with van der Waals surface area (Å²) in [7, 11) is 1.59. The van der Waals surface area contributed by atoms with Crippen molar-refractivity contribution < 1.29 is 9.53 Å². The van der Waals surface area contributed by atoms with Crippen LogP contribution in [-0.2, 0) is 0 Å². The summed E-state index contributed by atoms with van der Waals surface area (Å²) >= 11 is 0. The predicted octanol–water partition coefficient (Wildman–Crippen LogP) is 3.26. The van der Waals surface area contributed by atoms with Gasteiger partial charge in [-0.25, -0.2) is 0 Å². The van der Waals surface area contributed by atoms with Gasteiger partial charge in [0, 0.05) is 25.3 Å². The highest BCUT2D eigenvalue weighted by atomic mass is 16.5. The van der Waals surface area contributed by atoms with Gasteiger partial charge in [0.15, 0.2) is 0 Å². The number of amides is 1. The number of aryl methyl sites for hydroxylation is 1. The lowest BCUT2D eigenvalue weighted by Gasteiger charge is -2.19. The monoisotopic (exact) mass is 324 g/mol. The number of nitrogens with one attached hydrogen (secondary N) is 1. The number of benzene rings is 2. The molecule has 1 fully saturated rings. The second kappa shape index (κ2) is 7.39. The maximum atomic E-state index is 12.4. The molecule has 2 aromatic rings. The molecule has 0 bridgehead atoms. The van der Waals surface area contributed by atoms with Gasteiger partial charge in [0.25, 0.3) is 5.91 Å². The van der Waals surface area contributed by atoms with Crippen LogP contribution in [0, 0.1) is 12.8 Å². The molecule has 1 unspecified atom stereocenters. The van der Waals surface area contributed by atoms with Gasteiger partial charge in [-0.1, -0.05) is 24.3 Å². The molecule has 3 rings (SSSR count). The Morgan fingerprint density at radius 2 is 2.08 bits per heavy atom. The third-order valence-corrected chi connectivity index (χ3v) is 4.56. The third-order valence-electron chi connectivity index (χ3n) is 4.56. The van der Waals surface area contributed by atoms with Crippen LogP contribution in [0.25, 0.3) is 0 Å². The van der Waals surface area contributed by atoms with E-state index < -0.39 is 0 Å². The van der Waals surface area contributed by atoms with Crippen molar-refractivity contribution in [3.05, 3.63) is 59.7 Å². The first kappa shape index (κ1) is 16.4. The van der Waals surface area contributed by atoms with E-state index in [4.69, 9.17) is 4.74 Å². The zero-order chi connectivity index (χ0) is 16.9. The number of nitrogens with zero attached hydrogens (tertiary/aromatic N) is 1. The maximum Gasteiger partial charge on any atom is 0.255 e. The lowest BCUT2D eigenvalue weighted by atomic mass is 10.1. The number of carbonyl (C=O) groups is 1. The van der Waals surface area contributed by atoms with Gasteiger partial charge >= 0.3 is 0 Å². The van der Waals surface area contributed by atoms with Crippen LogP contribution in [0.1, 0.15) is 22.3 Å². The topological polar surface area (TPSA) is 41.6 Å². The molecule has 1 amide bonds. The summed E-state index contributed by atoms with van der Waals surface area (Å²) in [5, 5.41) is 3.05. The number of rotatable bonds is 5. The molecular weight excluding hydrogens is 300 g/mol. The van der Waals surface area contributed by atoms with Gasteiger partial charge in [-0.2, -0.15) is 0 Å². The van der Waals surface area contributed by atoms with Crippen LogP contribution in [0.2, 0.25) is 0 Å². The highest BCUT2D eigenvalue weighted by Gasteiger charge is 2.23. The highest BCUT2D eigenvalue weighted by Crippen LogP contribution is 2.24. The smallest absolute Gasteiger partial charge is 0.255 e. The summed E-state index contributed by atoms with van der Waals surface area (Å²) in [6, 6.07) is 15.9. The average Bonchev–Trinajstić information content (AvgIpc) is 3.08. The fraction of sp³-hybridized carbons (Fsp3) is 0.350. The Kier molecular flexibility index (Phi) is 5.04. The molecule has 4 nitrogen and oxygen atoms in total. The quantitative estimate of drug-likeness (QED) is 0.918. The molecule has 1 N–H and O–H groups in total. The molecule has 1 heterocycles. The van der Waals surface area contributed by atoms with Gasteiger partial charge in [-0.05, 0) is 49.1 Å². The van der Waals surface area contributed by atoms with Crippen LogP contribution in [0.15, 0.2) is 48.5 Å². The molecule has 24 heavy (non-hydrogen) atoms. The van der Waals surface area contributed by atoms with Crippen molar-refractivity contribution in [1.82, 2.24) is 5.32 Å². The van der Waals surface area contributed by atoms with Crippen molar-refractivity contribution in [3.63, 3.8) is 0 Å².